The number of hydrogen-bond acceptors (Lipinski definition) is 8. The van der Waals surface area contributed by atoms with Crippen molar-refractivity contribution in [2.24, 2.45) is 33.8 Å². The molecule has 12 N–H and O–H groups in total. The fourth-order valence-corrected chi connectivity index (χ4v) is 3.71. The van der Waals surface area contributed by atoms with E-state index in [0.717, 1.165) is 6.42 Å². The van der Waals surface area contributed by atoms with Crippen molar-refractivity contribution in [2.45, 2.75) is 76.5 Å². The molecule has 0 rings (SSSR count). The Morgan fingerprint density at radius 2 is 1.53 bits per heavy atom. The number of nitrogens with zero attached hydrogens (tertiary/aromatic N) is 1. The zero-order valence-corrected chi connectivity index (χ0v) is 22.3. The summed E-state index contributed by atoms with van der Waals surface area (Å²) >= 11 is 1.48. The summed E-state index contributed by atoms with van der Waals surface area (Å²) in [5.74, 6) is -2.68. The Kier molecular flexibility index (Phi) is 17.3. The predicted molar refractivity (Wildman–Crippen MR) is 142 cm³/mol. The van der Waals surface area contributed by atoms with Crippen LogP contribution >= 0.6 is 11.8 Å². The van der Waals surface area contributed by atoms with Crippen molar-refractivity contribution >= 4 is 41.4 Å². The lowest BCUT2D eigenvalue weighted by molar-refractivity contribution is -0.142. The molecular formula is C22H44N8O5S. The lowest BCUT2D eigenvalue weighted by Gasteiger charge is -2.27. The van der Waals surface area contributed by atoms with Crippen LogP contribution in [0.15, 0.2) is 4.99 Å². The topological polar surface area (TPSA) is 241 Å². The van der Waals surface area contributed by atoms with Gasteiger partial charge >= 0.3 is 5.97 Å². The first-order valence-corrected chi connectivity index (χ1v) is 13.5. The highest BCUT2D eigenvalue weighted by atomic mass is 32.2. The lowest BCUT2D eigenvalue weighted by Crippen LogP contribution is -2.58. The van der Waals surface area contributed by atoms with E-state index in [0.29, 0.717) is 31.6 Å². The third kappa shape index (κ3) is 14.1. The molecule has 0 aliphatic rings. The second-order valence-corrected chi connectivity index (χ2v) is 9.80. The minimum atomic E-state index is -1.21. The molecule has 0 aromatic rings. The maximum atomic E-state index is 13.1. The number of hydrogen-bond donors (Lipinski definition) is 8. The van der Waals surface area contributed by atoms with Gasteiger partial charge in [-0.05, 0) is 56.6 Å². The first-order chi connectivity index (χ1) is 16.9. The largest absolute Gasteiger partial charge is 0.480 e. The molecule has 4 unspecified atom stereocenters. The number of carboxylic acids is 1. The Labute approximate surface area is 217 Å². The van der Waals surface area contributed by atoms with Crippen molar-refractivity contribution in [1.82, 2.24) is 16.0 Å². The summed E-state index contributed by atoms with van der Waals surface area (Å²) in [7, 11) is 0. The number of nitrogens with two attached hydrogens (primary N) is 4. The van der Waals surface area contributed by atoms with Gasteiger partial charge in [0.15, 0.2) is 5.96 Å². The summed E-state index contributed by atoms with van der Waals surface area (Å²) in [5.41, 5.74) is 21.9. The highest BCUT2D eigenvalue weighted by Crippen LogP contribution is 2.08. The minimum absolute atomic E-state index is 0.103. The summed E-state index contributed by atoms with van der Waals surface area (Å²) in [6.07, 6.45) is 4.44. The number of thioether (sulfide) groups is 1. The molecule has 0 aromatic heterocycles. The fraction of sp³-hybridized carbons (Fsp3) is 0.773. The normalized spacial score (nSPS) is 14.3. The van der Waals surface area contributed by atoms with E-state index in [4.69, 9.17) is 22.9 Å². The molecule has 0 saturated heterocycles. The highest BCUT2D eigenvalue weighted by molar-refractivity contribution is 7.98. The number of rotatable bonds is 19. The molecular weight excluding hydrogens is 488 g/mol. The van der Waals surface area contributed by atoms with E-state index in [9.17, 15) is 24.3 Å². The Hall–Kier alpha value is -2.58. The number of amides is 3. The standard InChI is InChI=1S/C22H44N8O5S/c1-13(2)17(30-18(31)14(24)7-4-5-10-23)20(33)28-15(9-12-36-3)19(32)29-16(21(34)35)8-6-11-27-22(25)26/h13-17H,4-12,23-24H2,1-3H3,(H,28,33)(H,29,32)(H,30,31)(H,34,35)(H4,25,26,27). The Morgan fingerprint density at radius 3 is 2.06 bits per heavy atom. The molecule has 208 valence electrons. The van der Waals surface area contributed by atoms with E-state index in [1.165, 1.54) is 11.8 Å². The molecule has 13 nitrogen and oxygen atoms in total. The van der Waals surface area contributed by atoms with Gasteiger partial charge in [-0.3, -0.25) is 19.4 Å². The monoisotopic (exact) mass is 532 g/mol. The second kappa shape index (κ2) is 18.7. The van der Waals surface area contributed by atoms with Gasteiger partial charge in [0.2, 0.25) is 17.7 Å². The highest BCUT2D eigenvalue weighted by Gasteiger charge is 2.31. The summed E-state index contributed by atoms with van der Waals surface area (Å²) < 4.78 is 0. The number of carbonyl (C=O) groups is 4. The van der Waals surface area contributed by atoms with Crippen LogP contribution in [0.1, 0.15) is 52.4 Å². The van der Waals surface area contributed by atoms with Crippen LogP contribution in [0.5, 0.6) is 0 Å². The maximum Gasteiger partial charge on any atom is 0.326 e. The first-order valence-electron chi connectivity index (χ1n) is 12.1. The number of carbonyl (C=O) groups excluding carboxylic acids is 3. The van der Waals surface area contributed by atoms with Crippen LogP contribution in [0.3, 0.4) is 0 Å². The van der Waals surface area contributed by atoms with Gasteiger partial charge in [-0.1, -0.05) is 20.3 Å². The maximum absolute atomic E-state index is 13.1. The van der Waals surface area contributed by atoms with Gasteiger partial charge in [0.1, 0.15) is 18.1 Å². The van der Waals surface area contributed by atoms with Gasteiger partial charge in [0, 0.05) is 6.54 Å². The average Bonchev–Trinajstić information content (AvgIpc) is 2.80. The molecule has 14 heteroatoms. The predicted octanol–water partition coefficient (Wildman–Crippen LogP) is -1.56. The molecule has 0 aromatic carbocycles. The molecule has 36 heavy (non-hydrogen) atoms. The number of aliphatic carboxylic acids is 1. The van der Waals surface area contributed by atoms with Crippen molar-refractivity contribution in [1.29, 1.82) is 0 Å². The molecule has 0 spiro atoms. The van der Waals surface area contributed by atoms with Gasteiger partial charge < -0.3 is 44.0 Å². The summed E-state index contributed by atoms with van der Waals surface area (Å²) in [6, 6.07) is -3.86. The van der Waals surface area contributed by atoms with Gasteiger partial charge in [-0.25, -0.2) is 4.79 Å². The van der Waals surface area contributed by atoms with Crippen LogP contribution in [0.25, 0.3) is 0 Å². The van der Waals surface area contributed by atoms with Gasteiger partial charge in [-0.2, -0.15) is 11.8 Å². The first kappa shape index (κ1) is 33.4. The van der Waals surface area contributed by atoms with Crippen molar-refractivity contribution < 1.29 is 24.3 Å². The summed E-state index contributed by atoms with van der Waals surface area (Å²) in [5, 5.41) is 17.3. The van der Waals surface area contributed by atoms with Crippen molar-refractivity contribution in [3.63, 3.8) is 0 Å². The van der Waals surface area contributed by atoms with E-state index in [1.54, 1.807) is 13.8 Å². The van der Waals surface area contributed by atoms with Crippen molar-refractivity contribution in [2.75, 3.05) is 25.1 Å². The molecule has 0 aliphatic carbocycles. The SMILES string of the molecule is CSCCC(NC(=O)C(NC(=O)C(N)CCCCN)C(C)C)C(=O)NC(CCCN=C(N)N)C(=O)O. The average molecular weight is 533 g/mol. The number of guanidine groups is 1. The quantitative estimate of drug-likeness (QED) is 0.0540. The lowest BCUT2D eigenvalue weighted by atomic mass is 10.0. The fourth-order valence-electron chi connectivity index (χ4n) is 3.23. The Bertz CT molecular complexity index is 733. The van der Waals surface area contributed by atoms with Crippen molar-refractivity contribution in [3.8, 4) is 0 Å². The molecule has 0 fully saturated rings. The van der Waals surface area contributed by atoms with Crippen LogP contribution in [0, 0.1) is 5.92 Å². The van der Waals surface area contributed by atoms with Crippen LogP contribution in [-0.4, -0.2) is 84.0 Å². The van der Waals surface area contributed by atoms with E-state index >= 15 is 0 Å². The molecule has 0 heterocycles. The number of unbranched alkanes of at least 4 members (excludes halogenated alkanes) is 1. The van der Waals surface area contributed by atoms with Crippen molar-refractivity contribution in [3.05, 3.63) is 0 Å². The molecule has 0 radical (unpaired) electrons. The van der Waals surface area contributed by atoms with E-state index in [1.807, 2.05) is 6.26 Å². The van der Waals surface area contributed by atoms with Crippen LogP contribution in [-0.2, 0) is 19.2 Å². The molecule has 3 amide bonds. The van der Waals surface area contributed by atoms with E-state index < -0.39 is 47.9 Å². The van der Waals surface area contributed by atoms with Crippen LogP contribution in [0.4, 0.5) is 0 Å². The van der Waals surface area contributed by atoms with Crippen LogP contribution < -0.4 is 38.9 Å². The van der Waals surface area contributed by atoms with Gasteiger partial charge in [0.25, 0.3) is 0 Å². The number of carboxylic acid groups (broad SMARTS) is 1. The zero-order chi connectivity index (χ0) is 27.7. The third-order valence-electron chi connectivity index (χ3n) is 5.36. The van der Waals surface area contributed by atoms with Crippen LogP contribution in [0.2, 0.25) is 0 Å². The van der Waals surface area contributed by atoms with E-state index in [2.05, 4.69) is 20.9 Å². The smallest absolute Gasteiger partial charge is 0.326 e. The summed E-state index contributed by atoms with van der Waals surface area (Å²) in [4.78, 5) is 53.9. The molecule has 0 aliphatic heterocycles. The Morgan fingerprint density at radius 1 is 0.889 bits per heavy atom. The number of aliphatic imine (C=N–C) groups is 1. The summed E-state index contributed by atoms with van der Waals surface area (Å²) in [6.45, 7) is 4.25. The van der Waals surface area contributed by atoms with E-state index in [-0.39, 0.29) is 31.3 Å². The minimum Gasteiger partial charge on any atom is -0.480 e. The second-order valence-electron chi connectivity index (χ2n) is 8.81. The molecule has 0 bridgehead atoms. The molecule has 0 saturated carbocycles. The zero-order valence-electron chi connectivity index (χ0n) is 21.5. The van der Waals surface area contributed by atoms with Gasteiger partial charge in [0.05, 0.1) is 6.04 Å². The third-order valence-corrected chi connectivity index (χ3v) is 6.00. The Balaban J connectivity index is 5.29. The number of nitrogens with one attached hydrogen (secondary N) is 3. The van der Waals surface area contributed by atoms with Gasteiger partial charge in [-0.15, -0.1) is 0 Å². The molecule has 4 atom stereocenters.